The Balaban J connectivity index is 4.29. The molecule has 0 aromatic heterocycles. The van der Waals surface area contributed by atoms with Crippen LogP contribution in [0.4, 0.5) is 0 Å². The van der Waals surface area contributed by atoms with Gasteiger partial charge in [0.15, 0.2) is 6.10 Å². The van der Waals surface area contributed by atoms with Crippen molar-refractivity contribution in [1.82, 2.24) is 0 Å². The number of ether oxygens (including phenoxy) is 3. The van der Waals surface area contributed by atoms with E-state index in [0.717, 1.165) is 103 Å². The van der Waals surface area contributed by atoms with Crippen molar-refractivity contribution in [1.29, 1.82) is 0 Å². The number of hydrogen-bond acceptors (Lipinski definition) is 6. The van der Waals surface area contributed by atoms with Gasteiger partial charge in [0.05, 0.1) is 0 Å². The Hall–Kier alpha value is -3.67. The predicted octanol–water partition coefficient (Wildman–Crippen LogP) is 23.6. The van der Waals surface area contributed by atoms with Gasteiger partial charge < -0.3 is 14.2 Å². The molecular formula is C74H128O6. The summed E-state index contributed by atoms with van der Waals surface area (Å²) in [7, 11) is 0. The number of esters is 3. The average molecular weight is 1110 g/mol. The van der Waals surface area contributed by atoms with Crippen LogP contribution in [0.3, 0.4) is 0 Å². The highest BCUT2D eigenvalue weighted by Gasteiger charge is 2.19. The minimum atomic E-state index is -0.785. The van der Waals surface area contributed by atoms with Crippen LogP contribution in [0, 0.1) is 0 Å². The molecule has 0 aliphatic rings. The van der Waals surface area contributed by atoms with E-state index in [1.54, 1.807) is 0 Å². The Morgan fingerprint density at radius 3 is 0.800 bits per heavy atom. The molecule has 80 heavy (non-hydrogen) atoms. The van der Waals surface area contributed by atoms with E-state index < -0.39 is 6.10 Å². The van der Waals surface area contributed by atoms with Crippen LogP contribution >= 0.6 is 0 Å². The second-order valence-corrected chi connectivity index (χ2v) is 22.7. The van der Waals surface area contributed by atoms with Gasteiger partial charge in [-0.05, 0) is 122 Å². The van der Waals surface area contributed by atoms with Gasteiger partial charge in [-0.25, -0.2) is 0 Å². The van der Waals surface area contributed by atoms with E-state index in [-0.39, 0.29) is 31.1 Å². The monoisotopic (exact) mass is 1110 g/mol. The fraction of sp³-hybridized carbons (Fsp3) is 0.743. The maximum Gasteiger partial charge on any atom is 0.306 e. The molecule has 0 aromatic rings. The van der Waals surface area contributed by atoms with Crippen LogP contribution < -0.4 is 0 Å². The lowest BCUT2D eigenvalue weighted by Gasteiger charge is -2.18. The SMILES string of the molecule is CC/C=C\C/C=C\C/C=C\C/C=C\CCCCCCCCCCCCCCC(=O)OCC(COC(=O)CCCCCCC/C=C\CCCCC)OC(=O)CCCCCCCCCCCC/C=C\C/C=C\C/C=C\CCCCCCC. The normalized spacial score (nSPS) is 12.7. The van der Waals surface area contributed by atoms with Crippen molar-refractivity contribution in [2.45, 2.75) is 341 Å². The van der Waals surface area contributed by atoms with Crippen molar-refractivity contribution >= 4 is 17.9 Å². The summed E-state index contributed by atoms with van der Waals surface area (Å²) in [5.41, 5.74) is 0. The summed E-state index contributed by atoms with van der Waals surface area (Å²) in [6.07, 6.45) is 91.4. The van der Waals surface area contributed by atoms with Crippen LogP contribution in [0.15, 0.2) is 97.2 Å². The van der Waals surface area contributed by atoms with Gasteiger partial charge in [0.1, 0.15) is 13.2 Å². The topological polar surface area (TPSA) is 78.9 Å². The summed E-state index contributed by atoms with van der Waals surface area (Å²) in [5.74, 6) is -0.884. The highest BCUT2D eigenvalue weighted by atomic mass is 16.6. The summed E-state index contributed by atoms with van der Waals surface area (Å²) in [4.78, 5) is 38.4. The molecule has 0 rings (SSSR count). The highest BCUT2D eigenvalue weighted by molar-refractivity contribution is 5.71. The second kappa shape index (κ2) is 67.8. The predicted molar refractivity (Wildman–Crippen MR) is 348 cm³/mol. The van der Waals surface area contributed by atoms with Crippen molar-refractivity contribution in [3.8, 4) is 0 Å². The molecule has 0 N–H and O–H groups in total. The highest BCUT2D eigenvalue weighted by Crippen LogP contribution is 2.17. The molecular weight excluding hydrogens is 985 g/mol. The van der Waals surface area contributed by atoms with Crippen LogP contribution in [0.1, 0.15) is 335 Å². The van der Waals surface area contributed by atoms with Crippen LogP contribution in [0.25, 0.3) is 0 Å². The van der Waals surface area contributed by atoms with E-state index in [9.17, 15) is 14.4 Å². The Bertz CT molecular complexity index is 1560. The van der Waals surface area contributed by atoms with Crippen molar-refractivity contribution < 1.29 is 28.6 Å². The first kappa shape index (κ1) is 76.3. The van der Waals surface area contributed by atoms with Gasteiger partial charge in [0.25, 0.3) is 0 Å². The van der Waals surface area contributed by atoms with E-state index in [2.05, 4.69) is 118 Å². The Morgan fingerprint density at radius 1 is 0.263 bits per heavy atom. The third kappa shape index (κ3) is 65.1. The fourth-order valence-corrected chi connectivity index (χ4v) is 9.67. The average Bonchev–Trinajstić information content (AvgIpc) is 3.46. The lowest BCUT2D eigenvalue weighted by Crippen LogP contribution is -2.30. The molecule has 1 unspecified atom stereocenters. The zero-order chi connectivity index (χ0) is 57.8. The van der Waals surface area contributed by atoms with Gasteiger partial charge in [0, 0.05) is 19.3 Å². The first-order chi connectivity index (χ1) is 39.5. The number of rotatable bonds is 62. The smallest absolute Gasteiger partial charge is 0.306 e. The molecule has 6 heteroatoms. The van der Waals surface area contributed by atoms with Crippen molar-refractivity contribution in [2.24, 2.45) is 0 Å². The quantitative estimate of drug-likeness (QED) is 0.0261. The maximum atomic E-state index is 12.9. The second-order valence-electron chi connectivity index (χ2n) is 22.7. The van der Waals surface area contributed by atoms with E-state index in [0.29, 0.717) is 19.3 Å². The van der Waals surface area contributed by atoms with Gasteiger partial charge in [0.2, 0.25) is 0 Å². The maximum absolute atomic E-state index is 12.9. The third-order valence-electron chi connectivity index (χ3n) is 14.8. The lowest BCUT2D eigenvalue weighted by molar-refractivity contribution is -0.167. The zero-order valence-corrected chi connectivity index (χ0v) is 52.8. The molecule has 460 valence electrons. The molecule has 0 aliphatic carbocycles. The number of carbonyl (C=O) groups is 3. The van der Waals surface area contributed by atoms with Crippen LogP contribution in [0.5, 0.6) is 0 Å². The molecule has 0 bridgehead atoms. The van der Waals surface area contributed by atoms with Crippen molar-refractivity contribution in [3.63, 3.8) is 0 Å². The first-order valence-corrected chi connectivity index (χ1v) is 34.2. The van der Waals surface area contributed by atoms with Crippen molar-refractivity contribution in [3.05, 3.63) is 97.2 Å². The first-order valence-electron chi connectivity index (χ1n) is 34.2. The van der Waals surface area contributed by atoms with Gasteiger partial charge in [-0.2, -0.15) is 0 Å². The van der Waals surface area contributed by atoms with E-state index in [1.165, 1.54) is 193 Å². The minimum absolute atomic E-state index is 0.0812. The zero-order valence-electron chi connectivity index (χ0n) is 52.8. The number of carbonyl (C=O) groups excluding carboxylic acids is 3. The standard InChI is InChI=1S/C74H128O6/c1-4-7-10-13-16-19-22-25-27-29-31-33-35-37-39-41-43-45-47-49-52-55-58-61-64-67-73(76)79-70-71(69-78-72(75)66-63-60-57-54-51-24-21-18-15-12-9-6-3)80-74(77)68-65-62-59-56-53-50-48-46-44-42-40-38-36-34-32-30-28-26-23-20-17-14-11-8-5-2/h7,10,16,18-19,21,23,25-27,30-33,36,38,71H,4-6,8-9,11-15,17,20,22,24,28-29,34-35,37,39-70H2,1-3H3/b10-7-,19-16-,21-18-,26-23-,27-25-,32-30-,33-31-,38-36-. The van der Waals surface area contributed by atoms with Gasteiger partial charge >= 0.3 is 17.9 Å². The van der Waals surface area contributed by atoms with E-state index >= 15 is 0 Å². The van der Waals surface area contributed by atoms with Crippen LogP contribution in [-0.4, -0.2) is 37.2 Å². The van der Waals surface area contributed by atoms with Crippen molar-refractivity contribution in [2.75, 3.05) is 13.2 Å². The lowest BCUT2D eigenvalue weighted by atomic mass is 10.0. The number of hydrogen-bond donors (Lipinski definition) is 0. The molecule has 0 saturated heterocycles. The number of allylic oxidation sites excluding steroid dienone is 16. The summed E-state index contributed by atoms with van der Waals surface area (Å²) < 4.78 is 17.0. The van der Waals surface area contributed by atoms with Gasteiger partial charge in [-0.15, -0.1) is 0 Å². The Morgan fingerprint density at radius 2 is 0.487 bits per heavy atom. The van der Waals surface area contributed by atoms with Crippen LogP contribution in [-0.2, 0) is 28.6 Å². The van der Waals surface area contributed by atoms with Crippen LogP contribution in [0.2, 0.25) is 0 Å². The fourth-order valence-electron chi connectivity index (χ4n) is 9.67. The molecule has 0 radical (unpaired) electrons. The summed E-state index contributed by atoms with van der Waals surface area (Å²) in [6, 6.07) is 0. The summed E-state index contributed by atoms with van der Waals surface area (Å²) in [6.45, 7) is 6.51. The van der Waals surface area contributed by atoms with E-state index in [4.69, 9.17) is 14.2 Å². The Kier molecular flexibility index (Phi) is 64.7. The largest absolute Gasteiger partial charge is 0.462 e. The molecule has 0 aliphatic heterocycles. The molecule has 0 spiro atoms. The summed E-state index contributed by atoms with van der Waals surface area (Å²) in [5, 5.41) is 0. The van der Waals surface area contributed by atoms with Gasteiger partial charge in [-0.3, -0.25) is 14.4 Å². The number of unbranched alkanes of at least 4 members (excludes halogenated alkanes) is 35. The molecule has 0 aromatic carbocycles. The molecule has 0 fully saturated rings. The molecule has 0 heterocycles. The Labute approximate surface area is 496 Å². The minimum Gasteiger partial charge on any atom is -0.462 e. The summed E-state index contributed by atoms with van der Waals surface area (Å²) >= 11 is 0. The third-order valence-corrected chi connectivity index (χ3v) is 14.8. The molecule has 0 amide bonds. The van der Waals surface area contributed by atoms with E-state index in [1.807, 2.05) is 0 Å². The van der Waals surface area contributed by atoms with Gasteiger partial charge in [-0.1, -0.05) is 291 Å². The molecule has 6 nitrogen and oxygen atoms in total. The molecule has 1 atom stereocenters. The molecule has 0 saturated carbocycles.